The highest BCUT2D eigenvalue weighted by Gasteiger charge is 2.45. The fourth-order valence-electron chi connectivity index (χ4n) is 2.76. The van der Waals surface area contributed by atoms with E-state index in [2.05, 4.69) is 4.98 Å². The lowest BCUT2D eigenvalue weighted by Crippen LogP contribution is -2.43. The zero-order chi connectivity index (χ0) is 14.7. The number of nitrogens with zero attached hydrogens (tertiary/aromatic N) is 2. The highest BCUT2D eigenvalue weighted by atomic mass is 16.6. The summed E-state index contributed by atoms with van der Waals surface area (Å²) in [4.78, 5) is 18.3. The van der Waals surface area contributed by atoms with Crippen molar-refractivity contribution in [2.45, 2.75) is 31.9 Å². The Hall–Kier alpha value is -2.30. The van der Waals surface area contributed by atoms with Gasteiger partial charge in [0.2, 0.25) is 5.89 Å². The molecule has 0 radical (unpaired) electrons. The van der Waals surface area contributed by atoms with Crippen molar-refractivity contribution < 1.29 is 13.9 Å². The van der Waals surface area contributed by atoms with Gasteiger partial charge in [-0.15, -0.1) is 0 Å². The molecule has 0 bridgehead atoms. The van der Waals surface area contributed by atoms with Crippen LogP contribution in [0.25, 0.3) is 0 Å². The summed E-state index contributed by atoms with van der Waals surface area (Å²) in [7, 11) is 0. The highest BCUT2D eigenvalue weighted by molar-refractivity contribution is 5.69. The van der Waals surface area contributed by atoms with Gasteiger partial charge >= 0.3 is 6.09 Å². The van der Waals surface area contributed by atoms with Crippen molar-refractivity contribution in [3.63, 3.8) is 0 Å². The van der Waals surface area contributed by atoms with Gasteiger partial charge in [-0.05, 0) is 25.3 Å². The molecule has 5 heteroatoms. The molecule has 1 aliphatic heterocycles. The van der Waals surface area contributed by atoms with Crippen molar-refractivity contribution in [2.75, 3.05) is 6.54 Å². The first kappa shape index (κ1) is 13.7. The van der Waals surface area contributed by atoms with Gasteiger partial charge in [0, 0.05) is 6.54 Å². The molecule has 2 aromatic rings. The molecule has 0 unspecified atom stereocenters. The van der Waals surface area contributed by atoms with Crippen LogP contribution in [-0.4, -0.2) is 22.5 Å². The first-order valence-corrected chi connectivity index (χ1v) is 7.08. The number of ether oxygens (including phenoxy) is 1. The van der Waals surface area contributed by atoms with E-state index in [1.54, 1.807) is 11.1 Å². The Morgan fingerprint density at radius 1 is 1.43 bits per heavy atom. The fraction of sp³-hybridized carbons (Fsp3) is 0.375. The molecular formula is C16H18N2O3. The van der Waals surface area contributed by atoms with Crippen LogP contribution in [0.2, 0.25) is 0 Å². The summed E-state index contributed by atoms with van der Waals surface area (Å²) in [6, 6.07) is 9.66. The molecule has 1 fully saturated rings. The summed E-state index contributed by atoms with van der Waals surface area (Å²) in [6.07, 6.45) is 4.56. The van der Waals surface area contributed by atoms with Crippen molar-refractivity contribution in [3.05, 3.63) is 54.2 Å². The molecule has 3 rings (SSSR count). The van der Waals surface area contributed by atoms with Crippen LogP contribution in [0.15, 0.2) is 47.2 Å². The number of oxazole rings is 1. The zero-order valence-electron chi connectivity index (χ0n) is 12.0. The van der Waals surface area contributed by atoms with Crippen molar-refractivity contribution in [1.82, 2.24) is 9.88 Å². The maximum atomic E-state index is 12.4. The van der Waals surface area contributed by atoms with Gasteiger partial charge < -0.3 is 9.15 Å². The van der Waals surface area contributed by atoms with E-state index in [0.717, 1.165) is 18.4 Å². The number of carbonyl (C=O) groups is 1. The summed E-state index contributed by atoms with van der Waals surface area (Å²) in [5.41, 5.74) is 0.458. The minimum absolute atomic E-state index is 0.276. The van der Waals surface area contributed by atoms with Gasteiger partial charge in [-0.25, -0.2) is 9.78 Å². The van der Waals surface area contributed by atoms with Crippen molar-refractivity contribution in [2.24, 2.45) is 0 Å². The average Bonchev–Trinajstić information content (AvgIpc) is 3.16. The lowest BCUT2D eigenvalue weighted by atomic mass is 9.99. The number of carbonyl (C=O) groups excluding carboxylic acids is 1. The molecule has 0 aliphatic carbocycles. The second-order valence-corrected chi connectivity index (χ2v) is 5.41. The molecule has 1 atom stereocenters. The molecule has 1 aromatic heterocycles. The van der Waals surface area contributed by atoms with E-state index in [9.17, 15) is 4.79 Å². The van der Waals surface area contributed by atoms with Crippen molar-refractivity contribution >= 4 is 6.09 Å². The summed E-state index contributed by atoms with van der Waals surface area (Å²) in [6.45, 7) is 2.90. The molecule has 1 saturated heterocycles. The molecule has 21 heavy (non-hydrogen) atoms. The van der Waals surface area contributed by atoms with E-state index in [1.807, 2.05) is 37.3 Å². The van der Waals surface area contributed by atoms with Crippen LogP contribution in [0.3, 0.4) is 0 Å². The molecular weight excluding hydrogens is 268 g/mol. The summed E-state index contributed by atoms with van der Waals surface area (Å²) in [5, 5.41) is 0. The Morgan fingerprint density at radius 2 is 2.24 bits per heavy atom. The molecule has 1 aliphatic rings. The number of amides is 1. The largest absolute Gasteiger partial charge is 0.446 e. The van der Waals surface area contributed by atoms with E-state index >= 15 is 0 Å². The normalized spacial score (nSPS) is 21.5. The lowest BCUT2D eigenvalue weighted by Gasteiger charge is -2.31. The lowest BCUT2D eigenvalue weighted by molar-refractivity contribution is 0.0599. The predicted octanol–water partition coefficient (Wildman–Crippen LogP) is 3.32. The fourth-order valence-corrected chi connectivity index (χ4v) is 2.76. The van der Waals surface area contributed by atoms with Gasteiger partial charge in [0.1, 0.15) is 18.4 Å². The van der Waals surface area contributed by atoms with Gasteiger partial charge in [0.15, 0.2) is 0 Å². The van der Waals surface area contributed by atoms with Gasteiger partial charge in [-0.3, -0.25) is 4.90 Å². The number of aromatic nitrogens is 1. The Bertz CT molecular complexity index is 597. The van der Waals surface area contributed by atoms with Crippen LogP contribution in [0.1, 0.15) is 31.2 Å². The molecule has 110 valence electrons. The topological polar surface area (TPSA) is 55.6 Å². The third-order valence-electron chi connectivity index (χ3n) is 3.96. The van der Waals surface area contributed by atoms with Crippen LogP contribution in [0.5, 0.6) is 0 Å². The highest BCUT2D eigenvalue weighted by Crippen LogP contribution is 2.38. The van der Waals surface area contributed by atoms with Crippen LogP contribution in [-0.2, 0) is 16.9 Å². The quantitative estimate of drug-likeness (QED) is 0.868. The van der Waals surface area contributed by atoms with E-state index < -0.39 is 5.54 Å². The average molecular weight is 286 g/mol. The minimum Gasteiger partial charge on any atom is -0.446 e. The maximum absolute atomic E-state index is 12.4. The van der Waals surface area contributed by atoms with Crippen molar-refractivity contribution in [3.8, 4) is 0 Å². The Balaban J connectivity index is 1.69. The van der Waals surface area contributed by atoms with E-state index in [-0.39, 0.29) is 12.7 Å². The molecule has 5 nitrogen and oxygen atoms in total. The number of hydrogen-bond donors (Lipinski definition) is 0. The molecule has 1 amide bonds. The number of rotatable bonds is 3. The minimum atomic E-state index is -0.517. The molecule has 2 heterocycles. The number of likely N-dealkylation sites (tertiary alicyclic amines) is 1. The van der Waals surface area contributed by atoms with Crippen LogP contribution in [0, 0.1) is 0 Å². The SMILES string of the molecule is C[C@@]1(c2ncco2)CCCN1C(=O)OCc1ccccc1. The summed E-state index contributed by atoms with van der Waals surface area (Å²) < 4.78 is 10.8. The predicted molar refractivity (Wildman–Crippen MR) is 76.4 cm³/mol. The monoisotopic (exact) mass is 286 g/mol. The van der Waals surface area contributed by atoms with E-state index in [1.165, 1.54) is 6.26 Å². The van der Waals surface area contributed by atoms with Crippen LogP contribution < -0.4 is 0 Å². The zero-order valence-corrected chi connectivity index (χ0v) is 12.0. The van der Waals surface area contributed by atoms with Crippen LogP contribution >= 0.6 is 0 Å². The molecule has 0 N–H and O–H groups in total. The summed E-state index contributed by atoms with van der Waals surface area (Å²) >= 11 is 0. The van der Waals surface area contributed by atoms with Crippen molar-refractivity contribution in [1.29, 1.82) is 0 Å². The van der Waals surface area contributed by atoms with E-state index in [0.29, 0.717) is 12.4 Å². The van der Waals surface area contributed by atoms with Gasteiger partial charge in [0.05, 0.1) is 6.20 Å². The Labute approximate surface area is 123 Å². The standard InChI is InChI=1S/C16H18N2O3/c1-16(14-17-9-11-20-14)8-5-10-18(16)15(19)21-12-13-6-3-2-4-7-13/h2-4,6-7,9,11H,5,8,10,12H2,1H3/t16-/m0/s1. The summed E-state index contributed by atoms with van der Waals surface area (Å²) in [5.74, 6) is 0.566. The first-order valence-electron chi connectivity index (χ1n) is 7.08. The van der Waals surface area contributed by atoms with Gasteiger partial charge in [0.25, 0.3) is 0 Å². The molecule has 0 spiro atoms. The number of hydrogen-bond acceptors (Lipinski definition) is 4. The third-order valence-corrected chi connectivity index (χ3v) is 3.96. The molecule has 1 aromatic carbocycles. The van der Waals surface area contributed by atoms with Gasteiger partial charge in [-0.2, -0.15) is 0 Å². The van der Waals surface area contributed by atoms with E-state index in [4.69, 9.17) is 9.15 Å². The first-order chi connectivity index (χ1) is 10.2. The van der Waals surface area contributed by atoms with Crippen LogP contribution in [0.4, 0.5) is 4.79 Å². The smallest absolute Gasteiger partial charge is 0.410 e. The Morgan fingerprint density at radius 3 is 2.95 bits per heavy atom. The molecule has 0 saturated carbocycles. The second kappa shape index (κ2) is 5.60. The number of benzene rings is 1. The second-order valence-electron chi connectivity index (χ2n) is 5.41. The third kappa shape index (κ3) is 2.63. The Kier molecular flexibility index (Phi) is 3.64. The maximum Gasteiger partial charge on any atom is 0.410 e. The van der Waals surface area contributed by atoms with Gasteiger partial charge in [-0.1, -0.05) is 30.3 Å².